The lowest BCUT2D eigenvalue weighted by atomic mass is 10.0. The summed E-state index contributed by atoms with van der Waals surface area (Å²) in [4.78, 5) is 52.7. The van der Waals surface area contributed by atoms with Gasteiger partial charge in [0, 0.05) is 29.3 Å². The van der Waals surface area contributed by atoms with Crippen LogP contribution in [0.25, 0.3) is 10.9 Å². The van der Waals surface area contributed by atoms with Gasteiger partial charge in [-0.25, -0.2) is 4.79 Å². The van der Waals surface area contributed by atoms with Crippen molar-refractivity contribution in [2.24, 2.45) is 11.7 Å². The first-order valence-corrected chi connectivity index (χ1v) is 11.7. The van der Waals surface area contributed by atoms with Crippen molar-refractivity contribution in [3.05, 3.63) is 36.0 Å². The van der Waals surface area contributed by atoms with Crippen molar-refractivity contribution in [2.45, 2.75) is 57.8 Å². The first kappa shape index (κ1) is 27.2. The molecule has 0 bridgehead atoms. The number of benzene rings is 1. The Kier molecular flexibility index (Phi) is 9.94. The van der Waals surface area contributed by atoms with Gasteiger partial charge in [-0.15, -0.1) is 0 Å². The van der Waals surface area contributed by atoms with Crippen LogP contribution in [0.1, 0.15) is 32.8 Å². The van der Waals surface area contributed by atoms with E-state index in [0.29, 0.717) is 0 Å². The Morgan fingerprint density at radius 2 is 1.56 bits per heavy atom. The van der Waals surface area contributed by atoms with Gasteiger partial charge in [0.1, 0.15) is 18.1 Å². The Balaban J connectivity index is 2.19. The number of nitrogens with one attached hydrogen (secondary N) is 4. The van der Waals surface area contributed by atoms with Gasteiger partial charge in [0.2, 0.25) is 17.7 Å². The summed E-state index contributed by atoms with van der Waals surface area (Å²) in [6, 6.07) is 3.50. The van der Waals surface area contributed by atoms with Crippen molar-refractivity contribution < 1.29 is 24.3 Å². The van der Waals surface area contributed by atoms with E-state index < -0.39 is 47.9 Å². The van der Waals surface area contributed by atoms with E-state index in [2.05, 4.69) is 33.6 Å². The van der Waals surface area contributed by atoms with Crippen molar-refractivity contribution in [1.82, 2.24) is 20.9 Å². The lowest BCUT2D eigenvalue weighted by Gasteiger charge is -2.24. The smallest absolute Gasteiger partial charge is 0.326 e. The van der Waals surface area contributed by atoms with Crippen LogP contribution in [0.5, 0.6) is 0 Å². The predicted molar refractivity (Wildman–Crippen MR) is 132 cm³/mol. The number of carbonyl (C=O) groups is 4. The first-order chi connectivity index (χ1) is 16.0. The zero-order chi connectivity index (χ0) is 25.4. The molecule has 0 aliphatic heterocycles. The normalized spacial score (nSPS) is 14.8. The number of carboxylic acids is 1. The molecule has 0 saturated carbocycles. The molecule has 4 atom stereocenters. The molecule has 10 nitrogen and oxygen atoms in total. The van der Waals surface area contributed by atoms with E-state index in [1.165, 1.54) is 6.92 Å². The largest absolute Gasteiger partial charge is 0.480 e. The van der Waals surface area contributed by atoms with Crippen LogP contribution in [0.15, 0.2) is 30.5 Å². The standard InChI is InChI=1S/C23H33N5O5S/c1-12(2)8-18(23(32)33)27-22(31)19(11-34)28-21(30)17(26-20(29)13(3)24)9-14-10-25-16-7-5-4-6-15(14)16/h4-7,10,12-13,17-19,25,34H,8-9,11,24H2,1-3H3,(H,26,29)(H,27,31)(H,28,30)(H,32,33). The summed E-state index contributed by atoms with van der Waals surface area (Å²) in [6.07, 6.45) is 2.15. The average Bonchev–Trinajstić information content (AvgIpc) is 3.18. The van der Waals surface area contributed by atoms with Gasteiger partial charge >= 0.3 is 5.97 Å². The van der Waals surface area contributed by atoms with E-state index in [0.717, 1.165) is 16.5 Å². The zero-order valence-corrected chi connectivity index (χ0v) is 20.4. The topological polar surface area (TPSA) is 166 Å². The SMILES string of the molecule is CC(C)CC(NC(=O)C(CS)NC(=O)C(Cc1c[nH]c2ccccc12)NC(=O)C(C)N)C(=O)O. The summed E-state index contributed by atoms with van der Waals surface area (Å²) in [5.74, 6) is -2.97. The van der Waals surface area contributed by atoms with Gasteiger partial charge in [-0.3, -0.25) is 14.4 Å². The van der Waals surface area contributed by atoms with Crippen molar-refractivity contribution in [3.8, 4) is 0 Å². The van der Waals surface area contributed by atoms with E-state index in [-0.39, 0.29) is 24.5 Å². The fraction of sp³-hybridized carbons (Fsp3) is 0.478. The molecule has 0 aliphatic carbocycles. The van der Waals surface area contributed by atoms with E-state index in [4.69, 9.17) is 5.73 Å². The maximum Gasteiger partial charge on any atom is 0.326 e. The third kappa shape index (κ3) is 7.49. The first-order valence-electron chi connectivity index (χ1n) is 11.1. The van der Waals surface area contributed by atoms with Gasteiger partial charge in [-0.1, -0.05) is 32.0 Å². The highest BCUT2D eigenvalue weighted by Crippen LogP contribution is 2.19. The highest BCUT2D eigenvalue weighted by Gasteiger charge is 2.30. The maximum atomic E-state index is 13.1. The van der Waals surface area contributed by atoms with Gasteiger partial charge in [0.15, 0.2) is 0 Å². The van der Waals surface area contributed by atoms with Gasteiger partial charge in [0.05, 0.1) is 6.04 Å². The number of amides is 3. The number of carbonyl (C=O) groups excluding carboxylic acids is 3. The van der Waals surface area contributed by atoms with E-state index in [9.17, 15) is 24.3 Å². The molecule has 2 rings (SSSR count). The Morgan fingerprint density at radius 3 is 2.15 bits per heavy atom. The van der Waals surface area contributed by atoms with Crippen LogP contribution >= 0.6 is 12.6 Å². The summed E-state index contributed by atoms with van der Waals surface area (Å²) in [5.41, 5.74) is 7.35. The number of rotatable bonds is 12. The maximum absolute atomic E-state index is 13.1. The molecule has 0 aliphatic rings. The molecule has 0 spiro atoms. The number of fused-ring (bicyclic) bond motifs is 1. The van der Waals surface area contributed by atoms with E-state index in [1.807, 2.05) is 38.1 Å². The van der Waals surface area contributed by atoms with Gasteiger partial charge in [-0.05, 0) is 30.9 Å². The van der Waals surface area contributed by atoms with Crippen molar-refractivity contribution >= 4 is 47.2 Å². The average molecular weight is 492 g/mol. The quantitative estimate of drug-likeness (QED) is 0.214. The molecule has 1 aromatic carbocycles. The van der Waals surface area contributed by atoms with E-state index >= 15 is 0 Å². The number of nitrogens with two attached hydrogens (primary N) is 1. The lowest BCUT2D eigenvalue weighted by Crippen LogP contribution is -2.58. The summed E-state index contributed by atoms with van der Waals surface area (Å²) >= 11 is 4.15. The number of aromatic amines is 1. The van der Waals surface area contributed by atoms with Crippen LogP contribution in [-0.4, -0.2) is 63.7 Å². The Bertz CT molecular complexity index is 1020. The third-order valence-corrected chi connectivity index (χ3v) is 5.65. The molecule has 11 heteroatoms. The van der Waals surface area contributed by atoms with Crippen molar-refractivity contribution in [1.29, 1.82) is 0 Å². The second kappa shape index (κ2) is 12.4. The van der Waals surface area contributed by atoms with Gasteiger partial charge in [0.25, 0.3) is 0 Å². The number of aliphatic carboxylic acids is 1. The minimum absolute atomic E-state index is 0.0412. The van der Waals surface area contributed by atoms with Crippen molar-refractivity contribution in [2.75, 3.05) is 5.75 Å². The second-order valence-corrected chi connectivity index (χ2v) is 9.05. The highest BCUT2D eigenvalue weighted by molar-refractivity contribution is 7.80. The molecule has 186 valence electrons. The fourth-order valence-electron chi connectivity index (χ4n) is 3.46. The number of carboxylic acid groups (broad SMARTS) is 1. The number of hydrogen-bond acceptors (Lipinski definition) is 6. The number of aromatic nitrogens is 1. The summed E-state index contributed by atoms with van der Waals surface area (Å²) in [7, 11) is 0. The third-order valence-electron chi connectivity index (χ3n) is 5.28. The van der Waals surface area contributed by atoms with Crippen molar-refractivity contribution in [3.63, 3.8) is 0 Å². The molecular weight excluding hydrogens is 458 g/mol. The Labute approximate surface area is 203 Å². The summed E-state index contributed by atoms with van der Waals surface area (Å²) in [6.45, 7) is 5.19. The highest BCUT2D eigenvalue weighted by atomic mass is 32.1. The molecular formula is C23H33N5O5S. The monoisotopic (exact) mass is 491 g/mol. The molecule has 1 aromatic heterocycles. The lowest BCUT2D eigenvalue weighted by molar-refractivity contribution is -0.142. The van der Waals surface area contributed by atoms with Gasteiger partial charge in [-0.2, -0.15) is 12.6 Å². The second-order valence-electron chi connectivity index (χ2n) is 8.69. The summed E-state index contributed by atoms with van der Waals surface area (Å²) < 4.78 is 0. The number of hydrogen-bond donors (Lipinski definition) is 7. The van der Waals surface area contributed by atoms with Crippen LogP contribution in [0.4, 0.5) is 0 Å². The van der Waals surface area contributed by atoms with Crippen LogP contribution in [0.3, 0.4) is 0 Å². The molecule has 0 radical (unpaired) electrons. The molecule has 0 saturated heterocycles. The molecule has 2 aromatic rings. The molecule has 3 amide bonds. The van der Waals surface area contributed by atoms with Crippen LogP contribution in [0.2, 0.25) is 0 Å². The van der Waals surface area contributed by atoms with Gasteiger partial charge < -0.3 is 31.8 Å². The molecule has 7 N–H and O–H groups in total. The molecule has 34 heavy (non-hydrogen) atoms. The minimum Gasteiger partial charge on any atom is -0.480 e. The Morgan fingerprint density at radius 1 is 0.971 bits per heavy atom. The fourth-order valence-corrected chi connectivity index (χ4v) is 3.72. The van der Waals surface area contributed by atoms with Crippen LogP contribution in [-0.2, 0) is 25.6 Å². The number of H-pyrrole nitrogens is 1. The molecule has 4 unspecified atom stereocenters. The van der Waals surface area contributed by atoms with E-state index in [1.54, 1.807) is 6.20 Å². The van der Waals surface area contributed by atoms with Crippen LogP contribution < -0.4 is 21.7 Å². The molecule has 1 heterocycles. The predicted octanol–water partition coefficient (Wildman–Crippen LogP) is 0.573. The van der Waals surface area contributed by atoms with Crippen LogP contribution in [0, 0.1) is 5.92 Å². The summed E-state index contributed by atoms with van der Waals surface area (Å²) in [5, 5.41) is 18.0. The Hall–Kier alpha value is -3.05. The number of para-hydroxylation sites is 1. The molecule has 0 fully saturated rings. The number of thiol groups is 1. The minimum atomic E-state index is -1.16. The zero-order valence-electron chi connectivity index (χ0n) is 19.5.